The van der Waals surface area contributed by atoms with Gasteiger partial charge in [0.05, 0.1) is 18.1 Å². The number of hydrogen-bond donors (Lipinski definition) is 2. The molecule has 2 N–H and O–H groups in total. The second kappa shape index (κ2) is 5.02. The maximum absolute atomic E-state index is 5.19. The Hall–Kier alpha value is -1.23. The van der Waals surface area contributed by atoms with Gasteiger partial charge in [-0.2, -0.15) is 0 Å². The van der Waals surface area contributed by atoms with Crippen molar-refractivity contribution < 1.29 is 0 Å². The van der Waals surface area contributed by atoms with Crippen molar-refractivity contribution >= 4 is 23.0 Å². The molecule has 1 aliphatic carbocycles. The Labute approximate surface area is 94.5 Å². The van der Waals surface area contributed by atoms with Crippen molar-refractivity contribution in [2.75, 3.05) is 5.32 Å². The summed E-state index contributed by atoms with van der Waals surface area (Å²) in [4.78, 5) is 7.82. The first-order valence-electron chi connectivity index (χ1n) is 5.17. The molecule has 0 bridgehead atoms. The van der Waals surface area contributed by atoms with Crippen LogP contribution in [0.1, 0.15) is 25.7 Å². The van der Waals surface area contributed by atoms with Crippen molar-refractivity contribution in [2.45, 2.75) is 31.7 Å². The van der Waals surface area contributed by atoms with Gasteiger partial charge in [0.25, 0.3) is 0 Å². The lowest BCUT2D eigenvalue weighted by Gasteiger charge is -2.15. The second-order valence-corrected chi connectivity index (χ2v) is 4.12. The third-order valence-electron chi connectivity index (χ3n) is 2.51. The van der Waals surface area contributed by atoms with Crippen LogP contribution in [0.3, 0.4) is 0 Å². The van der Waals surface area contributed by atoms with Gasteiger partial charge in [0, 0.05) is 6.04 Å². The SMILES string of the molecule is S=C(Nc1cncnc1)NC1CCCC1. The van der Waals surface area contributed by atoms with Crippen LogP contribution in [0.25, 0.3) is 0 Å². The molecule has 80 valence electrons. The molecule has 1 heterocycles. The lowest BCUT2D eigenvalue weighted by molar-refractivity contribution is 0.634. The number of nitrogens with zero attached hydrogens (tertiary/aromatic N) is 2. The largest absolute Gasteiger partial charge is 0.360 e. The molecule has 0 atom stereocenters. The van der Waals surface area contributed by atoms with E-state index in [1.165, 1.54) is 32.0 Å². The van der Waals surface area contributed by atoms with E-state index in [1.807, 2.05) is 0 Å². The van der Waals surface area contributed by atoms with Crippen molar-refractivity contribution in [3.05, 3.63) is 18.7 Å². The van der Waals surface area contributed by atoms with Gasteiger partial charge in [-0.3, -0.25) is 0 Å². The fraction of sp³-hybridized carbons (Fsp3) is 0.500. The smallest absolute Gasteiger partial charge is 0.171 e. The minimum Gasteiger partial charge on any atom is -0.360 e. The molecule has 1 aromatic rings. The fourth-order valence-electron chi connectivity index (χ4n) is 1.79. The lowest BCUT2D eigenvalue weighted by Crippen LogP contribution is -2.35. The maximum atomic E-state index is 5.19. The van der Waals surface area contributed by atoms with Gasteiger partial charge < -0.3 is 10.6 Å². The van der Waals surface area contributed by atoms with E-state index in [0.717, 1.165) is 5.69 Å². The van der Waals surface area contributed by atoms with Crippen molar-refractivity contribution in [3.8, 4) is 0 Å². The maximum Gasteiger partial charge on any atom is 0.171 e. The first-order valence-corrected chi connectivity index (χ1v) is 5.58. The molecule has 2 rings (SSSR count). The van der Waals surface area contributed by atoms with Crippen molar-refractivity contribution in [2.24, 2.45) is 0 Å². The molecular formula is C10H14N4S. The summed E-state index contributed by atoms with van der Waals surface area (Å²) in [5.74, 6) is 0. The first-order chi connectivity index (χ1) is 7.34. The molecule has 0 spiro atoms. The highest BCUT2D eigenvalue weighted by molar-refractivity contribution is 7.80. The van der Waals surface area contributed by atoms with E-state index in [4.69, 9.17) is 12.2 Å². The molecule has 1 aromatic heterocycles. The minimum atomic E-state index is 0.537. The molecule has 0 radical (unpaired) electrons. The molecule has 0 saturated heterocycles. The molecule has 0 aromatic carbocycles. The predicted molar refractivity (Wildman–Crippen MR) is 63.6 cm³/mol. The molecular weight excluding hydrogens is 208 g/mol. The van der Waals surface area contributed by atoms with E-state index in [2.05, 4.69) is 20.6 Å². The summed E-state index contributed by atoms with van der Waals surface area (Å²) in [6.07, 6.45) is 9.94. The van der Waals surface area contributed by atoms with E-state index in [1.54, 1.807) is 12.4 Å². The van der Waals surface area contributed by atoms with Crippen LogP contribution >= 0.6 is 12.2 Å². The Kier molecular flexibility index (Phi) is 3.45. The van der Waals surface area contributed by atoms with Gasteiger partial charge in [-0.05, 0) is 25.1 Å². The van der Waals surface area contributed by atoms with E-state index in [0.29, 0.717) is 11.2 Å². The Morgan fingerprint density at radius 3 is 2.60 bits per heavy atom. The van der Waals surface area contributed by atoms with Gasteiger partial charge in [-0.15, -0.1) is 0 Å². The van der Waals surface area contributed by atoms with Gasteiger partial charge >= 0.3 is 0 Å². The zero-order valence-corrected chi connectivity index (χ0v) is 9.26. The summed E-state index contributed by atoms with van der Waals surface area (Å²) in [5, 5.41) is 7.02. The second-order valence-electron chi connectivity index (χ2n) is 3.71. The van der Waals surface area contributed by atoms with E-state index in [9.17, 15) is 0 Å². The van der Waals surface area contributed by atoms with E-state index < -0.39 is 0 Å². The molecule has 1 fully saturated rings. The molecule has 0 amide bonds. The number of hydrogen-bond acceptors (Lipinski definition) is 3. The van der Waals surface area contributed by atoms with Gasteiger partial charge in [-0.1, -0.05) is 12.8 Å². The average molecular weight is 222 g/mol. The van der Waals surface area contributed by atoms with Crippen LogP contribution in [0.4, 0.5) is 5.69 Å². The van der Waals surface area contributed by atoms with Crippen molar-refractivity contribution in [1.82, 2.24) is 15.3 Å². The molecule has 1 aliphatic rings. The fourth-order valence-corrected chi connectivity index (χ4v) is 2.07. The van der Waals surface area contributed by atoms with Crippen LogP contribution in [0.2, 0.25) is 0 Å². The number of nitrogens with one attached hydrogen (secondary N) is 2. The molecule has 1 saturated carbocycles. The molecule has 5 heteroatoms. The first kappa shape index (κ1) is 10.3. The minimum absolute atomic E-state index is 0.537. The number of rotatable bonds is 2. The Balaban J connectivity index is 1.82. The van der Waals surface area contributed by atoms with Crippen LogP contribution in [0.15, 0.2) is 18.7 Å². The van der Waals surface area contributed by atoms with Crippen LogP contribution in [-0.4, -0.2) is 21.1 Å². The van der Waals surface area contributed by atoms with Gasteiger partial charge in [0.15, 0.2) is 5.11 Å². The zero-order valence-electron chi connectivity index (χ0n) is 8.44. The summed E-state index contributed by atoms with van der Waals surface area (Å²) in [5.41, 5.74) is 0.827. The monoisotopic (exact) mass is 222 g/mol. The van der Waals surface area contributed by atoms with Crippen molar-refractivity contribution in [3.63, 3.8) is 0 Å². The summed E-state index contributed by atoms with van der Waals surface area (Å²) < 4.78 is 0. The van der Waals surface area contributed by atoms with Gasteiger partial charge in [0.2, 0.25) is 0 Å². The predicted octanol–water partition coefficient (Wildman–Crippen LogP) is 1.71. The van der Waals surface area contributed by atoms with Crippen LogP contribution in [-0.2, 0) is 0 Å². The molecule has 15 heavy (non-hydrogen) atoms. The van der Waals surface area contributed by atoms with Gasteiger partial charge in [0.1, 0.15) is 6.33 Å². The summed E-state index contributed by atoms with van der Waals surface area (Å²) in [6.45, 7) is 0. The standard InChI is InChI=1S/C10H14N4S/c15-10(13-8-3-1-2-4-8)14-9-5-11-7-12-6-9/h5-8H,1-4H2,(H2,13,14,15). The lowest BCUT2D eigenvalue weighted by atomic mass is 10.3. The number of aromatic nitrogens is 2. The normalized spacial score (nSPS) is 16.3. The Bertz CT molecular complexity index is 321. The third kappa shape index (κ3) is 3.13. The number of thiocarbonyl (C=S) groups is 1. The zero-order chi connectivity index (χ0) is 10.5. The molecule has 0 unspecified atom stereocenters. The molecule has 0 aliphatic heterocycles. The highest BCUT2D eigenvalue weighted by Gasteiger charge is 2.15. The van der Waals surface area contributed by atoms with Gasteiger partial charge in [-0.25, -0.2) is 9.97 Å². The van der Waals surface area contributed by atoms with E-state index in [-0.39, 0.29) is 0 Å². The summed E-state index contributed by atoms with van der Waals surface area (Å²) in [6, 6.07) is 0.537. The average Bonchev–Trinajstić information content (AvgIpc) is 2.71. The topological polar surface area (TPSA) is 49.8 Å². The van der Waals surface area contributed by atoms with Crippen molar-refractivity contribution in [1.29, 1.82) is 0 Å². The van der Waals surface area contributed by atoms with E-state index >= 15 is 0 Å². The molecule has 4 nitrogen and oxygen atoms in total. The van der Waals surface area contributed by atoms with Crippen LogP contribution in [0.5, 0.6) is 0 Å². The number of anilines is 1. The Morgan fingerprint density at radius 1 is 1.27 bits per heavy atom. The highest BCUT2D eigenvalue weighted by atomic mass is 32.1. The van der Waals surface area contributed by atoms with Crippen LogP contribution in [0, 0.1) is 0 Å². The summed E-state index contributed by atoms with van der Waals surface area (Å²) >= 11 is 5.19. The highest BCUT2D eigenvalue weighted by Crippen LogP contribution is 2.17. The third-order valence-corrected chi connectivity index (χ3v) is 2.73. The Morgan fingerprint density at radius 2 is 1.93 bits per heavy atom. The quantitative estimate of drug-likeness (QED) is 0.746. The van der Waals surface area contributed by atoms with Crippen LogP contribution < -0.4 is 10.6 Å². The summed E-state index contributed by atoms with van der Waals surface area (Å²) in [7, 11) is 0.